The summed E-state index contributed by atoms with van der Waals surface area (Å²) in [7, 11) is 0. The highest BCUT2D eigenvalue weighted by Crippen LogP contribution is 2.42. The summed E-state index contributed by atoms with van der Waals surface area (Å²) in [5, 5.41) is 12.6. The molecular formula is C40H47N3O7. The van der Waals surface area contributed by atoms with Crippen LogP contribution in [0.5, 0.6) is 0 Å². The van der Waals surface area contributed by atoms with E-state index in [0.717, 1.165) is 36.8 Å². The van der Waals surface area contributed by atoms with E-state index in [1.54, 1.807) is 41.5 Å². The maximum absolute atomic E-state index is 12.9. The van der Waals surface area contributed by atoms with Gasteiger partial charge in [0.2, 0.25) is 11.6 Å². The highest BCUT2D eigenvalue weighted by molar-refractivity contribution is 6.02. The average Bonchev–Trinajstić information content (AvgIpc) is 3.82. The van der Waals surface area contributed by atoms with E-state index < -0.39 is 35.5 Å². The van der Waals surface area contributed by atoms with Gasteiger partial charge in [-0.1, -0.05) is 36.1 Å². The van der Waals surface area contributed by atoms with Gasteiger partial charge in [-0.15, -0.1) is 0 Å². The molecule has 4 unspecified atom stereocenters. The lowest BCUT2D eigenvalue weighted by Gasteiger charge is -2.27. The molecule has 2 aromatic rings. The largest absolute Gasteiger partial charge is 0.444 e. The highest BCUT2D eigenvalue weighted by Gasteiger charge is 2.38. The van der Waals surface area contributed by atoms with E-state index in [1.807, 2.05) is 48.5 Å². The van der Waals surface area contributed by atoms with E-state index in [1.165, 1.54) is 14.9 Å². The number of hydroxylamine groups is 2. The molecule has 4 atom stereocenters. The zero-order valence-electron chi connectivity index (χ0n) is 29.8. The normalized spacial score (nSPS) is 22.3. The van der Waals surface area contributed by atoms with Gasteiger partial charge < -0.3 is 14.7 Å². The van der Waals surface area contributed by atoms with Crippen molar-refractivity contribution in [1.29, 1.82) is 0 Å². The number of ketones is 2. The molecule has 10 nitrogen and oxygen atoms in total. The van der Waals surface area contributed by atoms with Crippen molar-refractivity contribution in [3.63, 3.8) is 0 Å². The summed E-state index contributed by atoms with van der Waals surface area (Å²) in [5.74, 6) is 10.7. The molecule has 3 aliphatic rings. The van der Waals surface area contributed by atoms with Crippen LogP contribution in [0.1, 0.15) is 114 Å². The molecule has 3 heterocycles. The van der Waals surface area contributed by atoms with E-state index in [4.69, 9.17) is 9.47 Å². The van der Waals surface area contributed by atoms with Gasteiger partial charge in [-0.05, 0) is 127 Å². The molecule has 0 radical (unpaired) electrons. The summed E-state index contributed by atoms with van der Waals surface area (Å²) in [6.07, 6.45) is 3.09. The molecule has 3 fully saturated rings. The van der Waals surface area contributed by atoms with E-state index in [-0.39, 0.29) is 23.7 Å². The summed E-state index contributed by atoms with van der Waals surface area (Å²) in [5.41, 5.74) is 1.93. The van der Waals surface area contributed by atoms with Crippen LogP contribution in [0.3, 0.4) is 0 Å². The molecule has 3 aliphatic heterocycles. The Bertz CT molecular complexity index is 1590. The number of nitrogens with zero attached hydrogens (tertiary/aromatic N) is 3. The maximum atomic E-state index is 12.9. The third kappa shape index (κ3) is 9.12. The highest BCUT2D eigenvalue weighted by atomic mass is 16.6. The predicted molar refractivity (Wildman–Crippen MR) is 187 cm³/mol. The molecule has 1 N–H and O–H groups in total. The van der Waals surface area contributed by atoms with E-state index in [0.29, 0.717) is 37.1 Å². The fourth-order valence-corrected chi connectivity index (χ4v) is 6.60. The van der Waals surface area contributed by atoms with Crippen molar-refractivity contribution in [1.82, 2.24) is 14.9 Å². The molecule has 0 bridgehead atoms. The first-order valence-electron chi connectivity index (χ1n) is 17.4. The van der Waals surface area contributed by atoms with Crippen LogP contribution in [-0.4, -0.2) is 80.2 Å². The van der Waals surface area contributed by atoms with Gasteiger partial charge in [0, 0.05) is 24.2 Å². The molecule has 3 saturated heterocycles. The van der Waals surface area contributed by atoms with E-state index in [2.05, 4.69) is 23.7 Å². The zero-order chi connectivity index (χ0) is 36.2. The Morgan fingerprint density at radius 3 is 1.32 bits per heavy atom. The number of hydrogen-bond donors (Lipinski definition) is 1. The van der Waals surface area contributed by atoms with Gasteiger partial charge in [-0.2, -0.15) is 5.06 Å². The van der Waals surface area contributed by atoms with Gasteiger partial charge in [0.25, 0.3) is 0 Å². The van der Waals surface area contributed by atoms with Crippen molar-refractivity contribution in [2.75, 3.05) is 13.1 Å². The second-order valence-corrected chi connectivity index (χ2v) is 15.1. The molecule has 0 aliphatic carbocycles. The molecule has 2 aromatic carbocycles. The number of Topliss-reactive ketones (excluding diaryl/α,β-unsaturated/α-hetero) is 2. The molecule has 0 spiro atoms. The Labute approximate surface area is 295 Å². The first kappa shape index (κ1) is 36.6. The Morgan fingerprint density at radius 2 is 0.980 bits per heavy atom. The number of hydrogen-bond acceptors (Lipinski definition) is 8. The molecule has 264 valence electrons. The number of carbonyl (C=O) groups excluding carboxylic acids is 4. The monoisotopic (exact) mass is 681 g/mol. The fourth-order valence-electron chi connectivity index (χ4n) is 6.60. The topological polar surface area (TPSA) is 117 Å². The van der Waals surface area contributed by atoms with Gasteiger partial charge >= 0.3 is 12.2 Å². The Balaban J connectivity index is 1.16. The second kappa shape index (κ2) is 15.1. The van der Waals surface area contributed by atoms with Crippen LogP contribution in [0.4, 0.5) is 9.59 Å². The number of likely N-dealkylation sites (tertiary alicyclic amines) is 2. The number of carbonyl (C=O) groups is 4. The van der Waals surface area contributed by atoms with Gasteiger partial charge in [-0.25, -0.2) is 9.59 Å². The minimum atomic E-state index is -0.641. The lowest BCUT2D eigenvalue weighted by molar-refractivity contribution is -0.137. The standard InChI is InChI=1S/C40H47N3O7/c1-39(2,3)49-37(46)41-25-7-9-33(41)35(44)23-15-27-11-17-29(18-12-27)31-21-22-32(43(31)48)30-19-13-28(14-20-30)16-24-36(45)34-10-8-26-42(34)38(47)50-40(4,5)6/h11-14,17-20,31-34,48H,7-10,21-22,25-26H2,1-6H3. The zero-order valence-corrected chi connectivity index (χ0v) is 29.8. The number of amides is 2. The molecule has 0 saturated carbocycles. The average molecular weight is 682 g/mol. The predicted octanol–water partition coefficient (Wildman–Crippen LogP) is 6.59. The molecule has 10 heteroatoms. The minimum absolute atomic E-state index is 0.207. The van der Waals surface area contributed by atoms with Crippen molar-refractivity contribution in [2.24, 2.45) is 0 Å². The number of benzene rings is 2. The number of rotatable bonds is 4. The Morgan fingerprint density at radius 1 is 0.620 bits per heavy atom. The second-order valence-electron chi connectivity index (χ2n) is 15.1. The SMILES string of the molecule is CC(C)(C)OC(=O)N1CCCC1C(=O)C#Cc1ccc(C2CCC(c3ccc(C#CC(=O)C4CCCN4C(=O)OC(C)(C)C)cc3)N2O)cc1. The van der Waals surface area contributed by atoms with Crippen LogP contribution < -0.4 is 0 Å². The van der Waals surface area contributed by atoms with Crippen LogP contribution in [0, 0.1) is 23.7 Å². The quantitative estimate of drug-likeness (QED) is 0.359. The van der Waals surface area contributed by atoms with Gasteiger partial charge in [-0.3, -0.25) is 19.4 Å². The van der Waals surface area contributed by atoms with Crippen LogP contribution in [0.15, 0.2) is 48.5 Å². The summed E-state index contributed by atoms with van der Waals surface area (Å²) < 4.78 is 10.9. The van der Waals surface area contributed by atoms with Crippen LogP contribution in [0.2, 0.25) is 0 Å². The first-order valence-corrected chi connectivity index (χ1v) is 17.4. The van der Waals surface area contributed by atoms with Crippen molar-refractivity contribution in [3.8, 4) is 23.7 Å². The van der Waals surface area contributed by atoms with Gasteiger partial charge in [0.1, 0.15) is 23.3 Å². The van der Waals surface area contributed by atoms with Gasteiger partial charge in [0.15, 0.2) is 0 Å². The van der Waals surface area contributed by atoms with Crippen LogP contribution >= 0.6 is 0 Å². The van der Waals surface area contributed by atoms with Crippen molar-refractivity contribution < 1.29 is 33.9 Å². The third-order valence-electron chi connectivity index (χ3n) is 8.97. The lowest BCUT2D eigenvalue weighted by Crippen LogP contribution is -2.43. The van der Waals surface area contributed by atoms with E-state index in [9.17, 15) is 24.4 Å². The molecule has 50 heavy (non-hydrogen) atoms. The smallest absolute Gasteiger partial charge is 0.410 e. The van der Waals surface area contributed by atoms with Crippen LogP contribution in [0.25, 0.3) is 0 Å². The molecule has 2 amide bonds. The van der Waals surface area contributed by atoms with Gasteiger partial charge in [0.05, 0.1) is 12.1 Å². The summed E-state index contributed by atoms with van der Waals surface area (Å²) >= 11 is 0. The summed E-state index contributed by atoms with van der Waals surface area (Å²) in [4.78, 5) is 53.9. The number of ether oxygens (including phenoxy) is 2. The summed E-state index contributed by atoms with van der Waals surface area (Å²) in [6, 6.07) is 13.4. The van der Waals surface area contributed by atoms with E-state index >= 15 is 0 Å². The molecule has 0 aromatic heterocycles. The lowest BCUT2D eigenvalue weighted by atomic mass is 10.0. The van der Waals surface area contributed by atoms with Crippen molar-refractivity contribution in [3.05, 3.63) is 70.8 Å². The third-order valence-corrected chi connectivity index (χ3v) is 8.97. The minimum Gasteiger partial charge on any atom is -0.444 e. The van der Waals surface area contributed by atoms with Crippen molar-refractivity contribution in [2.45, 2.75) is 115 Å². The van der Waals surface area contributed by atoms with Crippen molar-refractivity contribution >= 4 is 23.8 Å². The summed E-state index contributed by atoms with van der Waals surface area (Å²) in [6.45, 7) is 11.7. The maximum Gasteiger partial charge on any atom is 0.410 e. The Kier molecular flexibility index (Phi) is 11.1. The Hall–Kier alpha value is -4.64. The fraction of sp³-hybridized carbons (Fsp3) is 0.500. The first-order chi connectivity index (χ1) is 23.6. The van der Waals surface area contributed by atoms with Crippen LogP contribution in [-0.2, 0) is 19.1 Å². The molecular weight excluding hydrogens is 634 g/mol. The molecule has 5 rings (SSSR count).